The van der Waals surface area contributed by atoms with Crippen LogP contribution in [0.4, 0.5) is 0 Å². The molecule has 2 aliphatic heterocycles. The summed E-state index contributed by atoms with van der Waals surface area (Å²) >= 11 is 0. The van der Waals surface area contributed by atoms with Crippen molar-refractivity contribution < 1.29 is 19.2 Å². The number of carbonyl (C=O) groups excluding carboxylic acids is 1. The van der Waals surface area contributed by atoms with Gasteiger partial charge in [-0.2, -0.15) is 0 Å². The van der Waals surface area contributed by atoms with Crippen molar-refractivity contribution in [1.29, 1.82) is 0 Å². The topological polar surface area (TPSA) is 43.2 Å². The summed E-state index contributed by atoms with van der Waals surface area (Å²) in [4.78, 5) is 16.1. The number of piperazine rings is 1. The number of fused-ring (bicyclic) bond motifs is 1. The fourth-order valence-electron chi connectivity index (χ4n) is 3.92. The van der Waals surface area contributed by atoms with E-state index in [0.717, 1.165) is 62.8 Å². The third-order valence-corrected chi connectivity index (χ3v) is 5.55. The molecule has 2 aromatic carbocycles. The summed E-state index contributed by atoms with van der Waals surface area (Å²) in [6, 6.07) is 14.3. The summed E-state index contributed by atoms with van der Waals surface area (Å²) in [5.41, 5.74) is 3.74. The van der Waals surface area contributed by atoms with E-state index >= 15 is 0 Å². The van der Waals surface area contributed by atoms with Crippen molar-refractivity contribution in [2.75, 3.05) is 39.9 Å². The number of quaternary nitrogens is 1. The minimum absolute atomic E-state index is 0.217. The largest absolute Gasteiger partial charge is 0.497 e. The second kappa shape index (κ2) is 8.01. The van der Waals surface area contributed by atoms with Crippen molar-refractivity contribution in [3.63, 3.8) is 0 Å². The monoisotopic (exact) mass is 367 g/mol. The highest BCUT2D eigenvalue weighted by atomic mass is 16.5. The van der Waals surface area contributed by atoms with Crippen LogP contribution in [0.15, 0.2) is 42.5 Å². The van der Waals surface area contributed by atoms with E-state index in [0.29, 0.717) is 6.42 Å². The first kappa shape index (κ1) is 17.9. The van der Waals surface area contributed by atoms with Crippen LogP contribution in [0.3, 0.4) is 0 Å². The number of carbonyl (C=O) groups is 1. The molecule has 4 rings (SSSR count). The predicted molar refractivity (Wildman–Crippen MR) is 103 cm³/mol. The molecule has 0 atom stereocenters. The van der Waals surface area contributed by atoms with Crippen LogP contribution in [0.2, 0.25) is 0 Å². The molecule has 0 saturated carbocycles. The molecule has 5 heteroatoms. The average Bonchev–Trinajstić information content (AvgIpc) is 3.17. The maximum atomic E-state index is 12.6. The molecule has 2 heterocycles. The lowest BCUT2D eigenvalue weighted by atomic mass is 10.1. The van der Waals surface area contributed by atoms with Crippen LogP contribution in [0, 0.1) is 0 Å². The number of benzene rings is 2. The van der Waals surface area contributed by atoms with Gasteiger partial charge in [-0.05, 0) is 41.5 Å². The van der Waals surface area contributed by atoms with Crippen LogP contribution in [0.5, 0.6) is 11.5 Å². The third-order valence-electron chi connectivity index (χ3n) is 5.55. The van der Waals surface area contributed by atoms with Gasteiger partial charge in [0.2, 0.25) is 5.91 Å². The van der Waals surface area contributed by atoms with E-state index in [9.17, 15) is 4.79 Å². The Morgan fingerprint density at radius 1 is 1.11 bits per heavy atom. The molecular weight excluding hydrogens is 340 g/mol. The van der Waals surface area contributed by atoms with E-state index < -0.39 is 0 Å². The average molecular weight is 367 g/mol. The molecular formula is C22H27N2O3+. The highest BCUT2D eigenvalue weighted by molar-refractivity contribution is 5.78. The number of rotatable bonds is 5. The van der Waals surface area contributed by atoms with Crippen LogP contribution in [-0.2, 0) is 24.2 Å². The quantitative estimate of drug-likeness (QED) is 0.861. The Balaban J connectivity index is 1.27. The Morgan fingerprint density at radius 2 is 1.85 bits per heavy atom. The van der Waals surface area contributed by atoms with Crippen molar-refractivity contribution >= 4 is 5.91 Å². The maximum Gasteiger partial charge on any atom is 0.227 e. The number of hydrogen-bond acceptors (Lipinski definition) is 3. The molecule has 1 amide bonds. The Bertz CT molecular complexity index is 796. The van der Waals surface area contributed by atoms with Gasteiger partial charge in [0, 0.05) is 12.0 Å². The Kier molecular flexibility index (Phi) is 5.30. The van der Waals surface area contributed by atoms with Gasteiger partial charge in [-0.3, -0.25) is 4.79 Å². The number of methoxy groups -OCH3 is 1. The van der Waals surface area contributed by atoms with Gasteiger partial charge in [-0.1, -0.05) is 12.1 Å². The molecule has 27 heavy (non-hydrogen) atoms. The second-order valence-corrected chi connectivity index (χ2v) is 7.37. The molecule has 2 aliphatic rings. The molecule has 142 valence electrons. The number of nitrogens with one attached hydrogen (secondary N) is 1. The smallest absolute Gasteiger partial charge is 0.227 e. The summed E-state index contributed by atoms with van der Waals surface area (Å²) in [7, 11) is 1.65. The third kappa shape index (κ3) is 4.25. The van der Waals surface area contributed by atoms with Gasteiger partial charge in [0.05, 0.1) is 46.3 Å². The van der Waals surface area contributed by atoms with Gasteiger partial charge in [0.25, 0.3) is 0 Å². The molecule has 2 aromatic rings. The zero-order valence-corrected chi connectivity index (χ0v) is 15.9. The van der Waals surface area contributed by atoms with Gasteiger partial charge in [0.15, 0.2) is 0 Å². The van der Waals surface area contributed by atoms with E-state index in [-0.39, 0.29) is 5.91 Å². The van der Waals surface area contributed by atoms with Crippen molar-refractivity contribution in [2.45, 2.75) is 19.4 Å². The van der Waals surface area contributed by atoms with Gasteiger partial charge in [-0.25, -0.2) is 0 Å². The first-order valence-corrected chi connectivity index (χ1v) is 9.70. The zero-order valence-electron chi connectivity index (χ0n) is 15.9. The summed E-state index contributed by atoms with van der Waals surface area (Å²) in [5.74, 6) is 2.08. The van der Waals surface area contributed by atoms with Gasteiger partial charge in [0.1, 0.15) is 18.0 Å². The van der Waals surface area contributed by atoms with Crippen molar-refractivity contribution in [2.24, 2.45) is 0 Å². The first-order valence-electron chi connectivity index (χ1n) is 9.70. The SMILES string of the molecule is COc1ccc(CC(=O)N2CC[NH+](Cc3ccc4c(c3)CCO4)CC2)cc1. The van der Waals surface area contributed by atoms with Gasteiger partial charge < -0.3 is 19.3 Å². The molecule has 0 aromatic heterocycles. The highest BCUT2D eigenvalue weighted by Gasteiger charge is 2.24. The summed E-state index contributed by atoms with van der Waals surface area (Å²) < 4.78 is 10.8. The molecule has 0 radical (unpaired) electrons. The second-order valence-electron chi connectivity index (χ2n) is 7.37. The molecule has 0 unspecified atom stereocenters. The van der Waals surface area contributed by atoms with Crippen molar-refractivity contribution in [3.8, 4) is 11.5 Å². The Labute approximate surface area is 160 Å². The van der Waals surface area contributed by atoms with Gasteiger partial charge in [-0.15, -0.1) is 0 Å². The van der Waals surface area contributed by atoms with E-state index in [1.54, 1.807) is 12.0 Å². The fourth-order valence-corrected chi connectivity index (χ4v) is 3.92. The molecule has 1 saturated heterocycles. The molecule has 5 nitrogen and oxygen atoms in total. The van der Waals surface area contributed by atoms with Crippen LogP contribution >= 0.6 is 0 Å². The number of amides is 1. The minimum atomic E-state index is 0.217. The fraction of sp³-hybridized carbons (Fsp3) is 0.409. The summed E-state index contributed by atoms with van der Waals surface area (Å²) in [6.07, 6.45) is 1.48. The van der Waals surface area contributed by atoms with E-state index in [1.807, 2.05) is 29.2 Å². The van der Waals surface area contributed by atoms with Crippen molar-refractivity contribution in [1.82, 2.24) is 4.90 Å². The van der Waals surface area contributed by atoms with Gasteiger partial charge >= 0.3 is 0 Å². The maximum absolute atomic E-state index is 12.6. The van der Waals surface area contributed by atoms with Crippen LogP contribution in [0.1, 0.15) is 16.7 Å². The Hall–Kier alpha value is -2.53. The van der Waals surface area contributed by atoms with E-state index in [1.165, 1.54) is 11.1 Å². The Morgan fingerprint density at radius 3 is 2.59 bits per heavy atom. The van der Waals surface area contributed by atoms with Crippen LogP contribution < -0.4 is 14.4 Å². The summed E-state index contributed by atoms with van der Waals surface area (Å²) in [5, 5.41) is 0. The zero-order chi connectivity index (χ0) is 18.6. The number of ether oxygens (including phenoxy) is 2. The summed E-state index contributed by atoms with van der Waals surface area (Å²) in [6.45, 7) is 5.50. The predicted octanol–water partition coefficient (Wildman–Crippen LogP) is 1.10. The van der Waals surface area contributed by atoms with Crippen molar-refractivity contribution in [3.05, 3.63) is 59.2 Å². The molecule has 0 spiro atoms. The minimum Gasteiger partial charge on any atom is -0.497 e. The molecule has 0 aliphatic carbocycles. The normalized spacial score (nSPS) is 16.7. The molecule has 1 N–H and O–H groups in total. The number of nitrogens with zero attached hydrogens (tertiary/aromatic N) is 1. The lowest BCUT2D eigenvalue weighted by molar-refractivity contribution is -0.917. The number of hydrogen-bond donors (Lipinski definition) is 1. The highest BCUT2D eigenvalue weighted by Crippen LogP contribution is 2.25. The first-order chi connectivity index (χ1) is 13.2. The lowest BCUT2D eigenvalue weighted by Gasteiger charge is -2.32. The van der Waals surface area contributed by atoms with E-state index in [2.05, 4.69) is 18.2 Å². The lowest BCUT2D eigenvalue weighted by Crippen LogP contribution is -3.13. The van der Waals surface area contributed by atoms with Crippen LogP contribution in [-0.4, -0.2) is 50.7 Å². The molecule has 0 bridgehead atoms. The molecule has 1 fully saturated rings. The van der Waals surface area contributed by atoms with Crippen LogP contribution in [0.25, 0.3) is 0 Å². The van der Waals surface area contributed by atoms with E-state index in [4.69, 9.17) is 9.47 Å². The standard InChI is InChI=1S/C22H26N2O3/c1-26-20-5-2-17(3-6-20)15-22(25)24-11-9-23(10-12-24)16-18-4-7-21-19(14-18)8-13-27-21/h2-7,14H,8-13,15-16H2,1H3/p+1.